The molecule has 0 aliphatic carbocycles. The lowest BCUT2D eigenvalue weighted by Gasteiger charge is -2.07. The van der Waals surface area contributed by atoms with Gasteiger partial charge in [0.05, 0.1) is 12.7 Å². The summed E-state index contributed by atoms with van der Waals surface area (Å²) in [5.74, 6) is -1.05. The van der Waals surface area contributed by atoms with Crippen molar-refractivity contribution in [3.8, 4) is 0 Å². The molecular weight excluding hydrogens is 184 g/mol. The number of carbonyl (C=O) groups excluding carboxylic acids is 2. The fraction of sp³-hybridized carbons (Fsp3) is 0.600. The molecule has 0 saturated heterocycles. The van der Waals surface area contributed by atoms with Gasteiger partial charge in [0, 0.05) is 12.2 Å². The Morgan fingerprint density at radius 3 is 2.29 bits per heavy atom. The van der Waals surface area contributed by atoms with Crippen molar-refractivity contribution in [1.82, 2.24) is 0 Å². The lowest BCUT2D eigenvalue weighted by atomic mass is 10.3. The second-order valence-electron chi connectivity index (χ2n) is 2.74. The molecule has 0 rings (SSSR count). The highest BCUT2D eigenvalue weighted by atomic mass is 16.5. The van der Waals surface area contributed by atoms with Crippen molar-refractivity contribution in [1.29, 1.82) is 0 Å². The van der Waals surface area contributed by atoms with Crippen molar-refractivity contribution in [3.63, 3.8) is 0 Å². The molecule has 1 unspecified atom stereocenters. The van der Waals surface area contributed by atoms with Gasteiger partial charge >= 0.3 is 11.9 Å². The predicted octanol–water partition coefficient (Wildman–Crippen LogP) is 1.45. The quantitative estimate of drug-likeness (QED) is 0.498. The molecule has 0 aromatic rings. The molecule has 0 aliphatic rings. The molecule has 4 heteroatoms. The molecule has 14 heavy (non-hydrogen) atoms. The molecule has 0 N–H and O–H groups in total. The lowest BCUT2D eigenvalue weighted by Crippen LogP contribution is -2.12. The van der Waals surface area contributed by atoms with Gasteiger partial charge in [0.2, 0.25) is 0 Å². The third kappa shape index (κ3) is 6.22. The molecule has 4 nitrogen and oxygen atoms in total. The fourth-order valence-corrected chi connectivity index (χ4v) is 0.647. The molecule has 0 aromatic heterocycles. The summed E-state index contributed by atoms with van der Waals surface area (Å²) < 4.78 is 9.48. The van der Waals surface area contributed by atoms with Crippen LogP contribution in [0.3, 0.4) is 0 Å². The first-order valence-electron chi connectivity index (χ1n) is 4.65. The lowest BCUT2D eigenvalue weighted by molar-refractivity contribution is -0.143. The maximum absolute atomic E-state index is 11.0. The maximum Gasteiger partial charge on any atom is 0.331 e. The predicted molar refractivity (Wildman–Crippen MR) is 51.6 cm³/mol. The van der Waals surface area contributed by atoms with E-state index in [4.69, 9.17) is 4.74 Å². The Morgan fingerprint density at radius 2 is 1.79 bits per heavy atom. The van der Waals surface area contributed by atoms with Gasteiger partial charge in [0.1, 0.15) is 0 Å². The van der Waals surface area contributed by atoms with Crippen LogP contribution in [0.1, 0.15) is 27.2 Å². The van der Waals surface area contributed by atoms with Gasteiger partial charge in [0.25, 0.3) is 0 Å². The number of ether oxygens (including phenoxy) is 2. The zero-order valence-corrected chi connectivity index (χ0v) is 8.78. The van der Waals surface area contributed by atoms with Crippen LogP contribution in [0.25, 0.3) is 0 Å². The highest BCUT2D eigenvalue weighted by Crippen LogP contribution is 1.96. The third-order valence-electron chi connectivity index (χ3n) is 1.53. The minimum absolute atomic E-state index is 0.130. The van der Waals surface area contributed by atoms with E-state index >= 15 is 0 Å². The zero-order chi connectivity index (χ0) is 11.0. The molecule has 1 atom stereocenters. The van der Waals surface area contributed by atoms with Crippen LogP contribution in [0.15, 0.2) is 12.2 Å². The van der Waals surface area contributed by atoms with Gasteiger partial charge in [-0.1, -0.05) is 6.92 Å². The van der Waals surface area contributed by atoms with E-state index in [-0.39, 0.29) is 6.10 Å². The SMILES string of the molecule is CCOC(=O)/C=C/C(=O)OC(C)CC. The Morgan fingerprint density at radius 1 is 1.21 bits per heavy atom. The molecule has 0 bridgehead atoms. The summed E-state index contributed by atoms with van der Waals surface area (Å²) in [5.41, 5.74) is 0. The van der Waals surface area contributed by atoms with Gasteiger partial charge in [-0.2, -0.15) is 0 Å². The monoisotopic (exact) mass is 200 g/mol. The second kappa shape index (κ2) is 7.12. The normalized spacial score (nSPS) is 12.5. The van der Waals surface area contributed by atoms with Crippen molar-refractivity contribution in [3.05, 3.63) is 12.2 Å². The Hall–Kier alpha value is -1.32. The molecule has 0 fully saturated rings. The van der Waals surface area contributed by atoms with E-state index in [1.54, 1.807) is 13.8 Å². The van der Waals surface area contributed by atoms with Gasteiger partial charge in [0.15, 0.2) is 0 Å². The summed E-state index contributed by atoms with van der Waals surface area (Å²) in [6.07, 6.45) is 2.76. The molecule has 0 aromatic carbocycles. The van der Waals surface area contributed by atoms with E-state index in [1.807, 2.05) is 6.92 Å². The molecule has 0 amide bonds. The Labute approximate surface area is 83.9 Å². The first kappa shape index (κ1) is 12.7. The minimum Gasteiger partial charge on any atom is -0.463 e. The van der Waals surface area contributed by atoms with E-state index in [2.05, 4.69) is 4.74 Å². The van der Waals surface area contributed by atoms with Crippen LogP contribution in [-0.2, 0) is 19.1 Å². The Bertz CT molecular complexity index is 220. The molecule has 0 radical (unpaired) electrons. The summed E-state index contributed by atoms with van der Waals surface area (Å²) in [4.78, 5) is 21.8. The van der Waals surface area contributed by atoms with E-state index in [9.17, 15) is 9.59 Å². The van der Waals surface area contributed by atoms with Crippen LogP contribution < -0.4 is 0 Å². The highest BCUT2D eigenvalue weighted by molar-refractivity contribution is 5.91. The van der Waals surface area contributed by atoms with Gasteiger partial charge in [-0.05, 0) is 20.3 Å². The van der Waals surface area contributed by atoms with Gasteiger partial charge in [-0.25, -0.2) is 9.59 Å². The number of carbonyl (C=O) groups is 2. The van der Waals surface area contributed by atoms with E-state index in [0.29, 0.717) is 6.61 Å². The van der Waals surface area contributed by atoms with Crippen molar-refractivity contribution in [2.75, 3.05) is 6.61 Å². The minimum atomic E-state index is -0.534. The number of hydrogen-bond donors (Lipinski definition) is 0. The van der Waals surface area contributed by atoms with Crippen LogP contribution in [0.2, 0.25) is 0 Å². The average Bonchev–Trinajstić information content (AvgIpc) is 2.15. The number of hydrogen-bond acceptors (Lipinski definition) is 4. The van der Waals surface area contributed by atoms with Gasteiger partial charge in [-0.15, -0.1) is 0 Å². The molecule has 0 heterocycles. The summed E-state index contributed by atoms with van der Waals surface area (Å²) in [6.45, 7) is 5.69. The fourth-order valence-electron chi connectivity index (χ4n) is 0.647. The molecule has 0 saturated carbocycles. The van der Waals surface area contributed by atoms with Crippen molar-refractivity contribution < 1.29 is 19.1 Å². The molecule has 0 spiro atoms. The van der Waals surface area contributed by atoms with Gasteiger partial charge in [-0.3, -0.25) is 0 Å². The van der Waals surface area contributed by atoms with Crippen LogP contribution >= 0.6 is 0 Å². The molecule has 80 valence electrons. The summed E-state index contributed by atoms with van der Waals surface area (Å²) in [5, 5.41) is 0. The largest absolute Gasteiger partial charge is 0.463 e. The highest BCUT2D eigenvalue weighted by Gasteiger charge is 2.04. The molecule has 0 aliphatic heterocycles. The summed E-state index contributed by atoms with van der Waals surface area (Å²) >= 11 is 0. The van der Waals surface area contributed by atoms with Crippen molar-refractivity contribution in [2.45, 2.75) is 33.3 Å². The third-order valence-corrected chi connectivity index (χ3v) is 1.53. The smallest absolute Gasteiger partial charge is 0.331 e. The summed E-state index contributed by atoms with van der Waals surface area (Å²) in [7, 11) is 0. The van der Waals surface area contributed by atoms with Crippen LogP contribution in [0.5, 0.6) is 0 Å². The Balaban J connectivity index is 3.87. The van der Waals surface area contributed by atoms with E-state index < -0.39 is 11.9 Å². The molecular formula is C10H16O4. The first-order valence-corrected chi connectivity index (χ1v) is 4.65. The topological polar surface area (TPSA) is 52.6 Å². The van der Waals surface area contributed by atoms with Crippen LogP contribution in [-0.4, -0.2) is 24.6 Å². The van der Waals surface area contributed by atoms with Gasteiger partial charge < -0.3 is 9.47 Å². The van der Waals surface area contributed by atoms with Crippen LogP contribution in [0, 0.1) is 0 Å². The first-order chi connectivity index (χ1) is 6.60. The standard InChI is InChI=1S/C10H16O4/c1-4-8(3)14-10(12)7-6-9(11)13-5-2/h6-8H,4-5H2,1-3H3/b7-6+. The maximum atomic E-state index is 11.0. The number of rotatable bonds is 5. The summed E-state index contributed by atoms with van der Waals surface area (Å²) in [6, 6.07) is 0. The Kier molecular flexibility index (Phi) is 6.45. The van der Waals surface area contributed by atoms with Crippen molar-refractivity contribution in [2.24, 2.45) is 0 Å². The van der Waals surface area contributed by atoms with Crippen molar-refractivity contribution >= 4 is 11.9 Å². The second-order valence-corrected chi connectivity index (χ2v) is 2.74. The van der Waals surface area contributed by atoms with E-state index in [1.165, 1.54) is 0 Å². The zero-order valence-electron chi connectivity index (χ0n) is 8.78. The van der Waals surface area contributed by atoms with E-state index in [0.717, 1.165) is 18.6 Å². The number of esters is 2. The average molecular weight is 200 g/mol. The van der Waals surface area contributed by atoms with Crippen LogP contribution in [0.4, 0.5) is 0 Å².